The molecule has 0 N–H and O–H groups in total. The van der Waals surface area contributed by atoms with Crippen LogP contribution in [0.4, 0.5) is 5.69 Å². The number of benzene rings is 2. The Kier molecular flexibility index (Phi) is 5.74. The molecule has 5 nitrogen and oxygen atoms in total. The van der Waals surface area contributed by atoms with E-state index in [-0.39, 0.29) is 17.2 Å². The summed E-state index contributed by atoms with van der Waals surface area (Å²) in [6, 6.07) is 17.7. The van der Waals surface area contributed by atoms with E-state index in [1.54, 1.807) is 19.0 Å². The Balaban J connectivity index is 1.63. The molecule has 4 aromatic rings. The van der Waals surface area contributed by atoms with Crippen LogP contribution in [-0.2, 0) is 11.8 Å². The van der Waals surface area contributed by atoms with Gasteiger partial charge in [-0.25, -0.2) is 4.98 Å². The van der Waals surface area contributed by atoms with Crippen LogP contribution in [0, 0.1) is 6.92 Å². The number of para-hydroxylation sites is 1. The van der Waals surface area contributed by atoms with Crippen LogP contribution in [0.3, 0.4) is 0 Å². The second-order valence-electron chi connectivity index (χ2n) is 7.03. The van der Waals surface area contributed by atoms with Crippen LogP contribution < -0.4 is 10.5 Å². The average molecular weight is 436 g/mol. The third-order valence-corrected chi connectivity index (χ3v) is 6.93. The summed E-state index contributed by atoms with van der Waals surface area (Å²) < 4.78 is 2.16. The first-order chi connectivity index (χ1) is 14.5. The monoisotopic (exact) mass is 435 g/mol. The zero-order valence-corrected chi connectivity index (χ0v) is 18.6. The standard InChI is InChI=1S/C23H21N3O2S2/c1-15-9-11-16(12-10-15)18-13-29-21-20(18)24-23(26(3)22(21)28)30-14-19(27)25(2)17-7-5-4-6-8-17/h4-13H,14H2,1-3H3. The molecule has 4 rings (SSSR count). The molecule has 0 atom stereocenters. The third-order valence-electron chi connectivity index (χ3n) is 4.96. The highest BCUT2D eigenvalue weighted by Gasteiger charge is 2.17. The number of rotatable bonds is 5. The predicted molar refractivity (Wildman–Crippen MR) is 126 cm³/mol. The Morgan fingerprint density at radius 2 is 1.83 bits per heavy atom. The van der Waals surface area contributed by atoms with Crippen molar-refractivity contribution in [3.8, 4) is 11.1 Å². The van der Waals surface area contributed by atoms with Gasteiger partial charge in [-0.1, -0.05) is 59.8 Å². The van der Waals surface area contributed by atoms with Gasteiger partial charge < -0.3 is 4.90 Å². The van der Waals surface area contributed by atoms with Gasteiger partial charge in [0.05, 0.1) is 11.3 Å². The van der Waals surface area contributed by atoms with Gasteiger partial charge in [-0.3, -0.25) is 14.2 Å². The molecule has 0 bridgehead atoms. The van der Waals surface area contributed by atoms with E-state index in [0.29, 0.717) is 15.4 Å². The fourth-order valence-electron chi connectivity index (χ4n) is 3.11. The van der Waals surface area contributed by atoms with E-state index in [1.807, 2.05) is 66.9 Å². The molecule has 1 amide bonds. The van der Waals surface area contributed by atoms with Crippen LogP contribution >= 0.6 is 23.1 Å². The van der Waals surface area contributed by atoms with Crippen LogP contribution in [0.5, 0.6) is 0 Å². The van der Waals surface area contributed by atoms with Crippen LogP contribution in [0.1, 0.15) is 5.56 Å². The van der Waals surface area contributed by atoms with Crippen molar-refractivity contribution in [3.05, 3.63) is 75.9 Å². The molecule has 30 heavy (non-hydrogen) atoms. The zero-order chi connectivity index (χ0) is 21.3. The molecule has 0 aliphatic carbocycles. The van der Waals surface area contributed by atoms with E-state index in [0.717, 1.165) is 16.8 Å². The fraction of sp³-hybridized carbons (Fsp3) is 0.174. The second kappa shape index (κ2) is 8.45. The largest absolute Gasteiger partial charge is 0.315 e. The van der Waals surface area contributed by atoms with Gasteiger partial charge in [0, 0.05) is 30.7 Å². The van der Waals surface area contributed by atoms with Crippen molar-refractivity contribution in [3.63, 3.8) is 0 Å². The number of carbonyl (C=O) groups is 1. The Morgan fingerprint density at radius 1 is 1.13 bits per heavy atom. The lowest BCUT2D eigenvalue weighted by molar-refractivity contribution is -0.115. The molecule has 2 heterocycles. The Labute approximate surface area is 183 Å². The van der Waals surface area contributed by atoms with Crippen molar-refractivity contribution in [1.29, 1.82) is 0 Å². The quantitative estimate of drug-likeness (QED) is 0.336. The molecular formula is C23H21N3O2S2. The molecule has 0 saturated carbocycles. The highest BCUT2D eigenvalue weighted by Crippen LogP contribution is 2.32. The molecule has 0 aliphatic rings. The van der Waals surface area contributed by atoms with E-state index >= 15 is 0 Å². The summed E-state index contributed by atoms with van der Waals surface area (Å²) in [7, 11) is 3.45. The Bertz CT molecular complexity index is 1260. The molecule has 2 aromatic carbocycles. The first-order valence-corrected chi connectivity index (χ1v) is 11.3. The van der Waals surface area contributed by atoms with E-state index in [2.05, 4.69) is 0 Å². The number of thioether (sulfide) groups is 1. The highest BCUT2D eigenvalue weighted by atomic mass is 32.2. The average Bonchev–Trinajstić information content (AvgIpc) is 3.19. The topological polar surface area (TPSA) is 55.2 Å². The van der Waals surface area contributed by atoms with Gasteiger partial charge >= 0.3 is 0 Å². The summed E-state index contributed by atoms with van der Waals surface area (Å²) in [6.07, 6.45) is 0. The van der Waals surface area contributed by atoms with Crippen LogP contribution in [0.25, 0.3) is 21.3 Å². The predicted octanol–water partition coefficient (Wildman–Crippen LogP) is 4.73. The third kappa shape index (κ3) is 3.91. The van der Waals surface area contributed by atoms with Gasteiger partial charge in [0.2, 0.25) is 5.91 Å². The molecule has 0 aliphatic heterocycles. The maximum absolute atomic E-state index is 12.9. The molecule has 0 spiro atoms. The molecule has 7 heteroatoms. The number of nitrogens with zero attached hydrogens (tertiary/aromatic N) is 3. The van der Waals surface area contributed by atoms with Crippen molar-refractivity contribution in [1.82, 2.24) is 9.55 Å². The summed E-state index contributed by atoms with van der Waals surface area (Å²) in [6.45, 7) is 2.04. The number of thiophene rings is 1. The van der Waals surface area contributed by atoms with Gasteiger partial charge in [0.15, 0.2) is 5.16 Å². The maximum atomic E-state index is 12.9. The van der Waals surface area contributed by atoms with Crippen molar-refractivity contribution in [2.75, 3.05) is 17.7 Å². The van der Waals surface area contributed by atoms with Crippen molar-refractivity contribution in [2.45, 2.75) is 12.1 Å². The number of hydrogen-bond donors (Lipinski definition) is 0. The van der Waals surface area contributed by atoms with Gasteiger partial charge in [-0.2, -0.15) is 0 Å². The van der Waals surface area contributed by atoms with Crippen LogP contribution in [-0.4, -0.2) is 28.3 Å². The first kappa shape index (κ1) is 20.4. The van der Waals surface area contributed by atoms with Crippen molar-refractivity contribution >= 4 is 44.9 Å². The first-order valence-electron chi connectivity index (χ1n) is 9.45. The number of carbonyl (C=O) groups excluding carboxylic acids is 1. The number of amides is 1. The molecular weight excluding hydrogens is 414 g/mol. The second-order valence-corrected chi connectivity index (χ2v) is 8.85. The van der Waals surface area contributed by atoms with Gasteiger partial charge in [-0.05, 0) is 24.6 Å². The Morgan fingerprint density at radius 3 is 2.53 bits per heavy atom. The fourth-order valence-corrected chi connectivity index (χ4v) is 4.98. The minimum atomic E-state index is -0.0882. The summed E-state index contributed by atoms with van der Waals surface area (Å²) >= 11 is 2.69. The molecule has 0 unspecified atom stereocenters. The van der Waals surface area contributed by atoms with E-state index in [1.165, 1.54) is 33.2 Å². The van der Waals surface area contributed by atoms with Crippen LogP contribution in [0.2, 0.25) is 0 Å². The smallest absolute Gasteiger partial charge is 0.271 e. The lowest BCUT2D eigenvalue weighted by atomic mass is 10.1. The minimum absolute atomic E-state index is 0.0513. The van der Waals surface area contributed by atoms with E-state index in [4.69, 9.17) is 4.98 Å². The number of aryl methyl sites for hydroxylation is 1. The lowest BCUT2D eigenvalue weighted by Gasteiger charge is -2.17. The van der Waals surface area contributed by atoms with Gasteiger partial charge in [0.25, 0.3) is 5.56 Å². The highest BCUT2D eigenvalue weighted by molar-refractivity contribution is 7.99. The molecule has 2 aromatic heterocycles. The summed E-state index contributed by atoms with van der Waals surface area (Å²) in [4.78, 5) is 31.9. The molecule has 152 valence electrons. The summed E-state index contributed by atoms with van der Waals surface area (Å²) in [5.74, 6) is 0.144. The summed E-state index contributed by atoms with van der Waals surface area (Å²) in [5, 5.41) is 2.51. The number of hydrogen-bond acceptors (Lipinski definition) is 5. The minimum Gasteiger partial charge on any atom is -0.315 e. The van der Waals surface area contributed by atoms with Gasteiger partial charge in [0.1, 0.15) is 4.70 Å². The lowest BCUT2D eigenvalue weighted by Crippen LogP contribution is -2.28. The van der Waals surface area contributed by atoms with Crippen LogP contribution in [0.15, 0.2) is 69.9 Å². The van der Waals surface area contributed by atoms with Gasteiger partial charge in [-0.15, -0.1) is 11.3 Å². The maximum Gasteiger partial charge on any atom is 0.271 e. The zero-order valence-electron chi connectivity index (χ0n) is 17.0. The van der Waals surface area contributed by atoms with E-state index < -0.39 is 0 Å². The molecule has 0 radical (unpaired) electrons. The number of anilines is 1. The van der Waals surface area contributed by atoms with Crippen molar-refractivity contribution in [2.24, 2.45) is 7.05 Å². The number of aromatic nitrogens is 2. The van der Waals surface area contributed by atoms with Crippen molar-refractivity contribution < 1.29 is 4.79 Å². The Hall–Kier alpha value is -2.90. The normalized spacial score (nSPS) is 11.0. The SMILES string of the molecule is Cc1ccc(-c2csc3c(=O)n(C)c(SCC(=O)N(C)c4ccccc4)nc23)cc1. The molecule has 0 saturated heterocycles. The number of fused-ring (bicyclic) bond motifs is 1. The van der Waals surface area contributed by atoms with E-state index in [9.17, 15) is 9.59 Å². The summed E-state index contributed by atoms with van der Waals surface area (Å²) in [5.41, 5.74) is 4.60. The molecule has 0 fully saturated rings.